The predicted octanol–water partition coefficient (Wildman–Crippen LogP) is 2.93. The summed E-state index contributed by atoms with van der Waals surface area (Å²) >= 11 is 0. The Hall–Kier alpha value is -3.20. The molecule has 3 rings (SSSR count). The summed E-state index contributed by atoms with van der Waals surface area (Å²) in [5, 5.41) is 19.2. The van der Waals surface area contributed by atoms with Gasteiger partial charge in [0, 0.05) is 17.5 Å². The molecule has 3 aromatic rings. The molecule has 8 nitrogen and oxygen atoms in total. The van der Waals surface area contributed by atoms with Crippen molar-refractivity contribution in [3.05, 3.63) is 64.6 Å². The second-order valence-corrected chi connectivity index (χ2v) is 6.42. The lowest BCUT2D eigenvalue weighted by Gasteiger charge is -2.11. The molecule has 0 radical (unpaired) electrons. The standard InChI is InChI=1S/C20H19NO7/c1-11(2)26-20(23)18-12(3)27-17-9-8-15(10-16(17)18)28-19(22)13-4-6-14(7-5-13)21(24)25/h4-11,21,24H,1-3H3. The maximum Gasteiger partial charge on any atom is 0.343 e. The number of furan rings is 1. The third-order valence-corrected chi connectivity index (χ3v) is 3.96. The first-order chi connectivity index (χ1) is 13.3. The Morgan fingerprint density at radius 1 is 1.11 bits per heavy atom. The van der Waals surface area contributed by atoms with Gasteiger partial charge in [-0.1, -0.05) is 0 Å². The minimum absolute atomic E-state index is 0.0696. The number of nitrogens with one attached hydrogen (secondary N) is 1. The lowest BCUT2D eigenvalue weighted by molar-refractivity contribution is -0.991. The number of ether oxygens (including phenoxy) is 2. The van der Waals surface area contributed by atoms with E-state index in [9.17, 15) is 14.8 Å². The summed E-state index contributed by atoms with van der Waals surface area (Å²) < 4.78 is 16.2. The highest BCUT2D eigenvalue weighted by Gasteiger charge is 2.21. The van der Waals surface area contributed by atoms with E-state index in [4.69, 9.17) is 19.1 Å². The summed E-state index contributed by atoms with van der Waals surface area (Å²) in [5.41, 5.74) is 1.03. The van der Waals surface area contributed by atoms with E-state index in [0.717, 1.165) is 0 Å². The van der Waals surface area contributed by atoms with Gasteiger partial charge in [0.1, 0.15) is 22.7 Å². The molecule has 0 aliphatic rings. The lowest BCUT2D eigenvalue weighted by atomic mass is 10.1. The van der Waals surface area contributed by atoms with E-state index in [1.54, 1.807) is 32.9 Å². The van der Waals surface area contributed by atoms with Gasteiger partial charge in [-0.05, 0) is 51.1 Å². The van der Waals surface area contributed by atoms with Gasteiger partial charge in [0.05, 0.1) is 11.7 Å². The van der Waals surface area contributed by atoms with Gasteiger partial charge in [0.15, 0.2) is 5.69 Å². The average molecular weight is 385 g/mol. The molecule has 0 spiro atoms. The average Bonchev–Trinajstić information content (AvgIpc) is 2.96. The monoisotopic (exact) mass is 385 g/mol. The van der Waals surface area contributed by atoms with Crippen LogP contribution in [0.3, 0.4) is 0 Å². The Bertz CT molecular complexity index is 1020. The number of hydrogen-bond acceptors (Lipinski definition) is 7. The summed E-state index contributed by atoms with van der Waals surface area (Å²) in [4.78, 5) is 24.7. The zero-order chi connectivity index (χ0) is 20.4. The van der Waals surface area contributed by atoms with E-state index in [1.165, 1.54) is 30.3 Å². The van der Waals surface area contributed by atoms with Crippen molar-refractivity contribution in [3.63, 3.8) is 0 Å². The molecular weight excluding hydrogens is 366 g/mol. The molecule has 2 aromatic carbocycles. The van der Waals surface area contributed by atoms with Gasteiger partial charge >= 0.3 is 11.9 Å². The molecule has 28 heavy (non-hydrogen) atoms. The summed E-state index contributed by atoms with van der Waals surface area (Å²) in [6.45, 7) is 5.16. The van der Waals surface area contributed by atoms with Gasteiger partial charge in [-0.15, -0.1) is 0 Å². The fraction of sp³-hybridized carbons (Fsp3) is 0.200. The zero-order valence-corrected chi connectivity index (χ0v) is 15.5. The molecule has 0 amide bonds. The van der Waals surface area contributed by atoms with Crippen LogP contribution in [0.2, 0.25) is 0 Å². The molecule has 0 bridgehead atoms. The lowest BCUT2D eigenvalue weighted by Crippen LogP contribution is -2.99. The SMILES string of the molecule is Cc1oc2ccc(OC(=O)c3ccc([NH+]([O-])O)cc3)cc2c1C(=O)OC(C)C. The van der Waals surface area contributed by atoms with Crippen molar-refractivity contribution in [1.29, 1.82) is 0 Å². The quantitative estimate of drug-likeness (QED) is 0.394. The maximum absolute atomic E-state index is 12.4. The van der Waals surface area contributed by atoms with Crippen molar-refractivity contribution in [2.45, 2.75) is 26.9 Å². The van der Waals surface area contributed by atoms with Gasteiger partial charge in [-0.3, -0.25) is 0 Å². The van der Waals surface area contributed by atoms with Crippen molar-refractivity contribution in [3.8, 4) is 5.75 Å². The Labute approximate surface area is 160 Å². The number of benzene rings is 2. The number of carbonyl (C=O) groups excluding carboxylic acids is 2. The molecule has 0 saturated carbocycles. The Kier molecular flexibility index (Phi) is 5.46. The number of aryl methyl sites for hydroxylation is 1. The van der Waals surface area contributed by atoms with Gasteiger partial charge in [0.2, 0.25) is 0 Å². The maximum atomic E-state index is 12.4. The van der Waals surface area contributed by atoms with Gasteiger partial charge in [-0.2, -0.15) is 5.23 Å². The minimum atomic E-state index is -1.08. The number of rotatable bonds is 5. The van der Waals surface area contributed by atoms with Crippen LogP contribution in [0.15, 0.2) is 46.9 Å². The van der Waals surface area contributed by atoms with E-state index in [-0.39, 0.29) is 28.7 Å². The molecular formula is C20H19NO7. The first-order valence-corrected chi connectivity index (χ1v) is 8.56. The Morgan fingerprint density at radius 2 is 1.79 bits per heavy atom. The molecule has 1 atom stereocenters. The predicted molar refractivity (Wildman–Crippen MR) is 98.7 cm³/mol. The van der Waals surface area contributed by atoms with Crippen molar-refractivity contribution in [1.82, 2.24) is 0 Å². The van der Waals surface area contributed by atoms with Crippen molar-refractivity contribution in [2.24, 2.45) is 0 Å². The summed E-state index contributed by atoms with van der Waals surface area (Å²) in [7, 11) is 0. The normalized spacial score (nSPS) is 12.2. The fourth-order valence-electron chi connectivity index (χ4n) is 2.70. The number of fused-ring (bicyclic) bond motifs is 1. The Morgan fingerprint density at radius 3 is 2.39 bits per heavy atom. The summed E-state index contributed by atoms with van der Waals surface area (Å²) in [6.07, 6.45) is -0.286. The summed E-state index contributed by atoms with van der Waals surface area (Å²) in [5.74, 6) is -0.533. The van der Waals surface area contributed by atoms with Crippen LogP contribution in [0.25, 0.3) is 11.0 Å². The van der Waals surface area contributed by atoms with Gasteiger partial charge < -0.3 is 19.1 Å². The third-order valence-electron chi connectivity index (χ3n) is 3.96. The van der Waals surface area contributed by atoms with Crippen LogP contribution in [0.5, 0.6) is 5.75 Å². The van der Waals surface area contributed by atoms with E-state index in [1.807, 2.05) is 0 Å². The minimum Gasteiger partial charge on any atom is -0.595 e. The van der Waals surface area contributed by atoms with Crippen LogP contribution in [-0.2, 0) is 4.74 Å². The van der Waals surface area contributed by atoms with Crippen LogP contribution in [0, 0.1) is 12.1 Å². The molecule has 8 heteroatoms. The number of carbonyl (C=O) groups is 2. The van der Waals surface area contributed by atoms with Crippen molar-refractivity contribution >= 4 is 28.6 Å². The Balaban J connectivity index is 1.87. The molecule has 146 valence electrons. The first kappa shape index (κ1) is 19.6. The molecule has 0 aliphatic heterocycles. The highest BCUT2D eigenvalue weighted by atomic mass is 16.8. The number of hydrogen-bond donors (Lipinski definition) is 2. The topological polar surface area (TPSA) is 113 Å². The van der Waals surface area contributed by atoms with Crippen LogP contribution in [0.1, 0.15) is 40.3 Å². The van der Waals surface area contributed by atoms with Crippen LogP contribution in [0.4, 0.5) is 5.69 Å². The van der Waals surface area contributed by atoms with E-state index < -0.39 is 17.2 Å². The molecule has 0 aliphatic carbocycles. The van der Waals surface area contributed by atoms with Crippen molar-refractivity contribution in [2.75, 3.05) is 0 Å². The summed E-state index contributed by atoms with van der Waals surface area (Å²) in [6, 6.07) is 10.1. The van der Waals surface area contributed by atoms with Gasteiger partial charge in [0.25, 0.3) is 0 Å². The number of esters is 2. The van der Waals surface area contributed by atoms with E-state index >= 15 is 0 Å². The molecule has 1 heterocycles. The second-order valence-electron chi connectivity index (χ2n) is 6.42. The fourth-order valence-corrected chi connectivity index (χ4v) is 2.70. The van der Waals surface area contributed by atoms with Gasteiger partial charge in [-0.25, -0.2) is 14.8 Å². The highest BCUT2D eigenvalue weighted by Crippen LogP contribution is 2.30. The highest BCUT2D eigenvalue weighted by molar-refractivity contribution is 6.05. The number of quaternary nitrogens is 1. The smallest absolute Gasteiger partial charge is 0.343 e. The second kappa shape index (κ2) is 7.81. The molecule has 0 fully saturated rings. The first-order valence-electron chi connectivity index (χ1n) is 8.56. The van der Waals surface area contributed by atoms with E-state index in [2.05, 4.69) is 0 Å². The van der Waals surface area contributed by atoms with Crippen LogP contribution < -0.4 is 9.96 Å². The molecule has 2 N–H and O–H groups in total. The third kappa shape index (κ3) is 4.04. The van der Waals surface area contributed by atoms with Crippen LogP contribution >= 0.6 is 0 Å². The zero-order valence-electron chi connectivity index (χ0n) is 15.5. The molecule has 1 unspecified atom stereocenters. The largest absolute Gasteiger partial charge is 0.595 e. The molecule has 1 aromatic heterocycles. The van der Waals surface area contributed by atoms with Crippen molar-refractivity contribution < 1.29 is 33.9 Å². The van der Waals surface area contributed by atoms with Crippen LogP contribution in [-0.4, -0.2) is 23.2 Å². The molecule has 0 saturated heterocycles. The van der Waals surface area contributed by atoms with E-state index in [0.29, 0.717) is 16.7 Å².